The smallest absolute Gasteiger partial charge is 0.304 e. The summed E-state index contributed by atoms with van der Waals surface area (Å²) in [6.45, 7) is 0.989. The van der Waals surface area contributed by atoms with Crippen molar-refractivity contribution >= 4 is 16.2 Å². The lowest BCUT2D eigenvalue weighted by Gasteiger charge is -2.16. The second-order valence-electron chi connectivity index (χ2n) is 3.92. The molecule has 0 saturated carbocycles. The Morgan fingerprint density at radius 3 is 2.56 bits per heavy atom. The third kappa shape index (κ3) is 8.40. The van der Waals surface area contributed by atoms with Gasteiger partial charge in [0.05, 0.1) is 6.42 Å². The Morgan fingerprint density at radius 1 is 1.33 bits per heavy atom. The minimum atomic E-state index is -3.56. The maximum atomic E-state index is 11.6. The SMILES string of the molecule is COCCCCCNS(=O)(=O)N(C)CCC(=O)O. The van der Waals surface area contributed by atoms with Crippen LogP contribution in [-0.2, 0) is 19.7 Å². The Hall–Kier alpha value is -0.700. The van der Waals surface area contributed by atoms with Crippen molar-refractivity contribution in [2.24, 2.45) is 0 Å². The molecule has 0 unspecified atom stereocenters. The van der Waals surface area contributed by atoms with Crippen LogP contribution < -0.4 is 4.72 Å². The number of methoxy groups -OCH3 is 1. The van der Waals surface area contributed by atoms with Gasteiger partial charge in [-0.05, 0) is 19.3 Å². The lowest BCUT2D eigenvalue weighted by Crippen LogP contribution is -2.39. The Morgan fingerprint density at radius 2 is 2.00 bits per heavy atom. The van der Waals surface area contributed by atoms with E-state index in [1.165, 1.54) is 7.05 Å². The van der Waals surface area contributed by atoms with E-state index in [-0.39, 0.29) is 13.0 Å². The number of nitrogens with zero attached hydrogens (tertiary/aromatic N) is 1. The number of carbonyl (C=O) groups is 1. The molecule has 0 spiro atoms. The van der Waals surface area contributed by atoms with E-state index >= 15 is 0 Å². The Balaban J connectivity index is 3.81. The van der Waals surface area contributed by atoms with Crippen molar-refractivity contribution in [3.63, 3.8) is 0 Å². The average molecular weight is 282 g/mol. The summed E-state index contributed by atoms with van der Waals surface area (Å²) in [7, 11) is -0.577. The van der Waals surface area contributed by atoms with E-state index < -0.39 is 16.2 Å². The standard InChI is InChI=1S/C10H22N2O5S/c1-12(8-6-10(13)14)18(15,16)11-7-4-3-5-9-17-2/h11H,3-9H2,1-2H3,(H,13,14). The summed E-state index contributed by atoms with van der Waals surface area (Å²) < 4.78 is 31.6. The molecule has 108 valence electrons. The molecule has 0 bridgehead atoms. The monoisotopic (exact) mass is 282 g/mol. The van der Waals surface area contributed by atoms with Gasteiger partial charge in [-0.2, -0.15) is 12.7 Å². The molecule has 18 heavy (non-hydrogen) atoms. The first-order chi connectivity index (χ1) is 8.40. The zero-order valence-electron chi connectivity index (χ0n) is 10.9. The molecule has 0 amide bonds. The van der Waals surface area contributed by atoms with Gasteiger partial charge in [-0.3, -0.25) is 4.79 Å². The van der Waals surface area contributed by atoms with Crippen LogP contribution in [0.5, 0.6) is 0 Å². The molecule has 0 aromatic rings. The highest BCUT2D eigenvalue weighted by molar-refractivity contribution is 7.87. The van der Waals surface area contributed by atoms with Crippen LogP contribution in [0.15, 0.2) is 0 Å². The fourth-order valence-electron chi connectivity index (χ4n) is 1.23. The van der Waals surface area contributed by atoms with Crippen molar-refractivity contribution in [2.75, 3.05) is 33.9 Å². The number of aliphatic carboxylic acids is 1. The molecule has 0 rings (SSSR count). The summed E-state index contributed by atoms with van der Waals surface area (Å²) in [6.07, 6.45) is 2.31. The highest BCUT2D eigenvalue weighted by atomic mass is 32.2. The molecular weight excluding hydrogens is 260 g/mol. The van der Waals surface area contributed by atoms with Crippen LogP contribution in [0.2, 0.25) is 0 Å². The van der Waals surface area contributed by atoms with Crippen molar-refractivity contribution in [1.29, 1.82) is 0 Å². The molecule has 0 aromatic heterocycles. The number of carboxylic acid groups (broad SMARTS) is 1. The van der Waals surface area contributed by atoms with Crippen LogP contribution in [0.3, 0.4) is 0 Å². The van der Waals surface area contributed by atoms with Crippen molar-refractivity contribution in [1.82, 2.24) is 9.03 Å². The minimum absolute atomic E-state index is 0.0334. The first-order valence-corrected chi connectivity index (χ1v) is 7.26. The normalized spacial score (nSPS) is 11.9. The summed E-state index contributed by atoms with van der Waals surface area (Å²) in [4.78, 5) is 10.3. The first kappa shape index (κ1) is 17.3. The molecule has 0 radical (unpaired) electrons. The van der Waals surface area contributed by atoms with Gasteiger partial charge in [0, 0.05) is 33.9 Å². The molecule has 0 fully saturated rings. The summed E-state index contributed by atoms with van der Waals surface area (Å²) in [5, 5.41) is 8.47. The van der Waals surface area contributed by atoms with Gasteiger partial charge in [-0.15, -0.1) is 0 Å². The Bertz CT molecular complexity index is 331. The number of unbranched alkanes of at least 4 members (excludes halogenated alkanes) is 2. The van der Waals surface area contributed by atoms with Gasteiger partial charge < -0.3 is 9.84 Å². The Labute approximate surface area is 108 Å². The molecule has 0 atom stereocenters. The zero-order chi connectivity index (χ0) is 14.0. The van der Waals surface area contributed by atoms with Gasteiger partial charge in [-0.1, -0.05) is 0 Å². The van der Waals surface area contributed by atoms with Crippen molar-refractivity contribution in [3.05, 3.63) is 0 Å². The van der Waals surface area contributed by atoms with E-state index in [1.54, 1.807) is 7.11 Å². The Kier molecular flexibility index (Phi) is 8.90. The number of nitrogens with one attached hydrogen (secondary N) is 1. The lowest BCUT2D eigenvalue weighted by atomic mass is 10.2. The van der Waals surface area contributed by atoms with E-state index in [1.807, 2.05) is 0 Å². The van der Waals surface area contributed by atoms with Gasteiger partial charge in [0.1, 0.15) is 0 Å². The van der Waals surface area contributed by atoms with Crippen LogP contribution >= 0.6 is 0 Å². The predicted octanol–water partition coefficient (Wildman–Crippen LogP) is 0.0440. The van der Waals surface area contributed by atoms with E-state index in [9.17, 15) is 13.2 Å². The summed E-state index contributed by atoms with van der Waals surface area (Å²) in [5.74, 6) is -1.02. The molecular formula is C10H22N2O5S. The van der Waals surface area contributed by atoms with E-state index in [0.717, 1.165) is 23.6 Å². The molecule has 2 N–H and O–H groups in total. The van der Waals surface area contributed by atoms with Gasteiger partial charge in [-0.25, -0.2) is 4.72 Å². The molecule has 7 nitrogen and oxygen atoms in total. The molecule has 8 heteroatoms. The van der Waals surface area contributed by atoms with Gasteiger partial charge >= 0.3 is 5.97 Å². The number of hydrogen-bond acceptors (Lipinski definition) is 4. The average Bonchev–Trinajstić information content (AvgIpc) is 2.30. The van der Waals surface area contributed by atoms with Crippen molar-refractivity contribution in [2.45, 2.75) is 25.7 Å². The van der Waals surface area contributed by atoms with Crippen LogP contribution in [0.1, 0.15) is 25.7 Å². The molecule has 0 aliphatic rings. The first-order valence-electron chi connectivity index (χ1n) is 5.82. The van der Waals surface area contributed by atoms with Gasteiger partial charge in [0.25, 0.3) is 10.2 Å². The zero-order valence-corrected chi connectivity index (χ0v) is 11.7. The maximum Gasteiger partial charge on any atom is 0.304 e. The molecule has 0 heterocycles. The highest BCUT2D eigenvalue weighted by Crippen LogP contribution is 1.98. The molecule has 0 saturated heterocycles. The molecule has 0 aliphatic carbocycles. The number of carboxylic acids is 1. The molecule has 0 aliphatic heterocycles. The second kappa shape index (κ2) is 9.26. The quantitative estimate of drug-likeness (QED) is 0.522. The van der Waals surface area contributed by atoms with Crippen LogP contribution in [-0.4, -0.2) is 57.7 Å². The van der Waals surface area contributed by atoms with Crippen LogP contribution in [0, 0.1) is 0 Å². The molecule has 0 aromatic carbocycles. The third-order valence-corrected chi connectivity index (χ3v) is 3.93. The van der Waals surface area contributed by atoms with Crippen LogP contribution in [0.4, 0.5) is 0 Å². The fourth-order valence-corrected chi connectivity index (χ4v) is 2.19. The summed E-state index contributed by atoms with van der Waals surface area (Å²) >= 11 is 0. The fraction of sp³-hybridized carbons (Fsp3) is 0.900. The van der Waals surface area contributed by atoms with E-state index in [2.05, 4.69) is 4.72 Å². The highest BCUT2D eigenvalue weighted by Gasteiger charge is 2.17. The lowest BCUT2D eigenvalue weighted by molar-refractivity contribution is -0.137. The maximum absolute atomic E-state index is 11.6. The van der Waals surface area contributed by atoms with E-state index in [4.69, 9.17) is 9.84 Å². The van der Waals surface area contributed by atoms with E-state index in [0.29, 0.717) is 13.2 Å². The van der Waals surface area contributed by atoms with Gasteiger partial charge in [0.15, 0.2) is 0 Å². The summed E-state index contributed by atoms with van der Waals surface area (Å²) in [5.41, 5.74) is 0. The number of hydrogen-bond donors (Lipinski definition) is 2. The van der Waals surface area contributed by atoms with Crippen LogP contribution in [0.25, 0.3) is 0 Å². The van der Waals surface area contributed by atoms with Crippen molar-refractivity contribution in [3.8, 4) is 0 Å². The largest absolute Gasteiger partial charge is 0.481 e. The number of rotatable bonds is 11. The number of ether oxygens (including phenoxy) is 1. The minimum Gasteiger partial charge on any atom is -0.481 e. The third-order valence-electron chi connectivity index (χ3n) is 2.36. The summed E-state index contributed by atoms with van der Waals surface area (Å²) in [6, 6.07) is 0. The van der Waals surface area contributed by atoms with Crippen molar-refractivity contribution < 1.29 is 23.1 Å². The predicted molar refractivity (Wildman–Crippen MR) is 67.5 cm³/mol. The van der Waals surface area contributed by atoms with Gasteiger partial charge in [0.2, 0.25) is 0 Å². The topological polar surface area (TPSA) is 95.9 Å². The second-order valence-corrected chi connectivity index (χ2v) is 5.78.